The number of imide groups is 1. The van der Waals surface area contributed by atoms with Gasteiger partial charge in [-0.3, -0.25) is 14.5 Å². The van der Waals surface area contributed by atoms with E-state index in [-0.39, 0.29) is 0 Å². The number of urea groups is 1. The molecular weight excluding hydrogens is 478 g/mol. The quantitative estimate of drug-likeness (QED) is 0.509. The minimum Gasteiger partial charge on any atom is -0.497 e. The monoisotopic (exact) mass is 497 g/mol. The SMILES string of the molecule is COc1ccc(C2(C)NC(=O)N(CC(=O)Nc3ccccc3-n3cc(Br)cn3)C2=O)cc1. The first-order valence-corrected chi connectivity index (χ1v) is 10.5. The Labute approximate surface area is 192 Å². The van der Waals surface area contributed by atoms with Crippen LogP contribution < -0.4 is 15.4 Å². The molecule has 1 saturated heterocycles. The van der Waals surface area contributed by atoms with Gasteiger partial charge in [0.2, 0.25) is 5.91 Å². The van der Waals surface area contributed by atoms with Crippen LogP contribution in [0.15, 0.2) is 65.4 Å². The molecule has 0 spiro atoms. The maximum absolute atomic E-state index is 13.1. The lowest BCUT2D eigenvalue weighted by molar-refractivity contribution is -0.133. The zero-order chi connectivity index (χ0) is 22.9. The van der Waals surface area contributed by atoms with Gasteiger partial charge in [-0.1, -0.05) is 24.3 Å². The number of methoxy groups -OCH3 is 1. The molecule has 1 atom stereocenters. The van der Waals surface area contributed by atoms with Gasteiger partial charge in [-0.15, -0.1) is 0 Å². The summed E-state index contributed by atoms with van der Waals surface area (Å²) in [5.41, 5.74) is 0.460. The second-order valence-electron chi connectivity index (χ2n) is 7.34. The fourth-order valence-electron chi connectivity index (χ4n) is 3.51. The molecule has 4 amide bonds. The summed E-state index contributed by atoms with van der Waals surface area (Å²) in [6.45, 7) is 1.19. The van der Waals surface area contributed by atoms with E-state index in [9.17, 15) is 14.4 Å². The highest BCUT2D eigenvalue weighted by Gasteiger charge is 2.49. The Kier molecular flexibility index (Phi) is 5.70. The van der Waals surface area contributed by atoms with Crippen LogP contribution in [0.3, 0.4) is 0 Å². The molecule has 0 bridgehead atoms. The Morgan fingerprint density at radius 1 is 1.19 bits per heavy atom. The molecule has 1 aromatic heterocycles. The number of anilines is 1. The van der Waals surface area contributed by atoms with Crippen LogP contribution in [0, 0.1) is 0 Å². The number of nitrogens with one attached hydrogen (secondary N) is 2. The predicted octanol–water partition coefficient (Wildman–Crippen LogP) is 3.05. The lowest BCUT2D eigenvalue weighted by Gasteiger charge is -2.22. The second kappa shape index (κ2) is 8.46. The first-order valence-electron chi connectivity index (χ1n) is 9.70. The summed E-state index contributed by atoms with van der Waals surface area (Å²) >= 11 is 3.35. The molecular formula is C22H20BrN5O4. The van der Waals surface area contributed by atoms with Crippen LogP contribution >= 0.6 is 15.9 Å². The van der Waals surface area contributed by atoms with Gasteiger partial charge in [0.1, 0.15) is 17.8 Å². The van der Waals surface area contributed by atoms with Crippen molar-refractivity contribution in [3.8, 4) is 11.4 Å². The lowest BCUT2D eigenvalue weighted by Crippen LogP contribution is -2.42. The summed E-state index contributed by atoms with van der Waals surface area (Å²) in [5, 5.41) is 9.68. The number of nitrogens with zero attached hydrogens (tertiary/aromatic N) is 3. The van der Waals surface area contributed by atoms with E-state index in [2.05, 4.69) is 31.7 Å². The molecule has 4 rings (SSSR count). The van der Waals surface area contributed by atoms with Crippen molar-refractivity contribution in [3.63, 3.8) is 0 Å². The molecule has 0 aliphatic carbocycles. The summed E-state index contributed by atoms with van der Waals surface area (Å²) in [5.74, 6) is -0.383. The number of carbonyl (C=O) groups excluding carboxylic acids is 3. The molecule has 10 heteroatoms. The fraction of sp³-hybridized carbons (Fsp3) is 0.182. The van der Waals surface area contributed by atoms with E-state index in [1.54, 1.807) is 73.6 Å². The van der Waals surface area contributed by atoms with Gasteiger partial charge in [0.25, 0.3) is 5.91 Å². The van der Waals surface area contributed by atoms with Crippen molar-refractivity contribution in [1.82, 2.24) is 20.0 Å². The van der Waals surface area contributed by atoms with Crippen molar-refractivity contribution in [2.24, 2.45) is 0 Å². The topological polar surface area (TPSA) is 106 Å². The van der Waals surface area contributed by atoms with Gasteiger partial charge in [0, 0.05) is 6.20 Å². The molecule has 0 radical (unpaired) electrons. The average Bonchev–Trinajstić information content (AvgIpc) is 3.31. The second-order valence-corrected chi connectivity index (χ2v) is 8.26. The van der Waals surface area contributed by atoms with Crippen LogP contribution in [-0.2, 0) is 15.1 Å². The van der Waals surface area contributed by atoms with Gasteiger partial charge in [-0.2, -0.15) is 5.10 Å². The standard InChI is InChI=1S/C22H20BrN5O4/c1-22(14-7-9-16(32-2)10-8-14)20(30)27(21(31)26-22)13-19(29)25-17-5-3-4-6-18(17)28-12-15(23)11-24-28/h3-12H,13H2,1-2H3,(H,25,29)(H,26,31). The van der Waals surface area contributed by atoms with Gasteiger partial charge in [0.05, 0.1) is 29.2 Å². The van der Waals surface area contributed by atoms with Crippen molar-refractivity contribution in [2.45, 2.75) is 12.5 Å². The van der Waals surface area contributed by atoms with Crippen LogP contribution in [-0.4, -0.2) is 46.2 Å². The van der Waals surface area contributed by atoms with E-state index in [1.165, 1.54) is 0 Å². The Hall–Kier alpha value is -3.66. The summed E-state index contributed by atoms with van der Waals surface area (Å²) in [6, 6.07) is 13.3. The van der Waals surface area contributed by atoms with E-state index < -0.39 is 29.9 Å². The van der Waals surface area contributed by atoms with E-state index in [0.29, 0.717) is 22.7 Å². The number of halogens is 1. The zero-order valence-corrected chi connectivity index (χ0v) is 18.9. The predicted molar refractivity (Wildman–Crippen MR) is 120 cm³/mol. The summed E-state index contributed by atoms with van der Waals surface area (Å²) in [4.78, 5) is 39.3. The number of ether oxygens (including phenoxy) is 1. The molecule has 1 fully saturated rings. The summed E-state index contributed by atoms with van der Waals surface area (Å²) < 4.78 is 7.53. The molecule has 2 N–H and O–H groups in total. The van der Waals surface area contributed by atoms with Crippen LogP contribution in [0.25, 0.3) is 5.69 Å². The largest absolute Gasteiger partial charge is 0.497 e. The smallest absolute Gasteiger partial charge is 0.325 e. The summed E-state index contributed by atoms with van der Waals surface area (Å²) in [7, 11) is 1.54. The zero-order valence-electron chi connectivity index (χ0n) is 17.3. The third-order valence-electron chi connectivity index (χ3n) is 5.22. The molecule has 1 unspecified atom stereocenters. The fourth-order valence-corrected chi connectivity index (χ4v) is 3.79. The van der Waals surface area contributed by atoms with Crippen LogP contribution in [0.2, 0.25) is 0 Å². The molecule has 3 aromatic rings. The van der Waals surface area contributed by atoms with Crippen LogP contribution in [0.1, 0.15) is 12.5 Å². The Bertz CT molecular complexity index is 1190. The van der Waals surface area contributed by atoms with Crippen molar-refractivity contribution < 1.29 is 19.1 Å². The van der Waals surface area contributed by atoms with E-state index in [4.69, 9.17) is 4.74 Å². The Morgan fingerprint density at radius 2 is 1.91 bits per heavy atom. The number of hydrogen-bond donors (Lipinski definition) is 2. The number of hydrogen-bond acceptors (Lipinski definition) is 5. The minimum absolute atomic E-state index is 0.423. The molecule has 32 heavy (non-hydrogen) atoms. The first kappa shape index (κ1) is 21.6. The third kappa shape index (κ3) is 3.96. The maximum atomic E-state index is 13.1. The lowest BCUT2D eigenvalue weighted by atomic mass is 9.92. The van der Waals surface area contributed by atoms with Gasteiger partial charge >= 0.3 is 6.03 Å². The highest BCUT2D eigenvalue weighted by Crippen LogP contribution is 2.30. The molecule has 2 aromatic carbocycles. The highest BCUT2D eigenvalue weighted by molar-refractivity contribution is 9.10. The van der Waals surface area contributed by atoms with Gasteiger partial charge < -0.3 is 15.4 Å². The van der Waals surface area contributed by atoms with Crippen molar-refractivity contribution in [3.05, 3.63) is 71.0 Å². The first-order chi connectivity index (χ1) is 15.3. The molecule has 164 valence electrons. The Morgan fingerprint density at radius 3 is 2.56 bits per heavy atom. The van der Waals surface area contributed by atoms with Crippen LogP contribution in [0.5, 0.6) is 5.75 Å². The molecule has 2 heterocycles. The highest BCUT2D eigenvalue weighted by atomic mass is 79.9. The summed E-state index contributed by atoms with van der Waals surface area (Å²) in [6.07, 6.45) is 3.38. The number of amides is 4. The molecule has 1 aliphatic rings. The number of benzene rings is 2. The van der Waals surface area contributed by atoms with Gasteiger partial charge in [-0.05, 0) is 52.7 Å². The Balaban J connectivity index is 1.51. The number of rotatable bonds is 6. The van der Waals surface area contributed by atoms with Gasteiger partial charge in [0.15, 0.2) is 0 Å². The molecule has 1 aliphatic heterocycles. The van der Waals surface area contributed by atoms with E-state index in [1.807, 2.05) is 6.07 Å². The average molecular weight is 498 g/mol. The number of aromatic nitrogens is 2. The van der Waals surface area contributed by atoms with E-state index >= 15 is 0 Å². The van der Waals surface area contributed by atoms with Crippen molar-refractivity contribution in [2.75, 3.05) is 19.0 Å². The van der Waals surface area contributed by atoms with E-state index in [0.717, 1.165) is 9.37 Å². The normalized spacial score (nSPS) is 17.9. The van der Waals surface area contributed by atoms with Gasteiger partial charge in [-0.25, -0.2) is 9.48 Å². The third-order valence-corrected chi connectivity index (χ3v) is 5.63. The van der Waals surface area contributed by atoms with Crippen LogP contribution in [0.4, 0.5) is 10.5 Å². The number of para-hydroxylation sites is 2. The minimum atomic E-state index is -1.27. The van der Waals surface area contributed by atoms with Crippen molar-refractivity contribution >= 4 is 39.5 Å². The van der Waals surface area contributed by atoms with Crippen molar-refractivity contribution in [1.29, 1.82) is 0 Å². The number of carbonyl (C=O) groups is 3. The molecule has 0 saturated carbocycles. The molecule has 9 nitrogen and oxygen atoms in total. The maximum Gasteiger partial charge on any atom is 0.325 e.